The van der Waals surface area contributed by atoms with Crippen molar-refractivity contribution in [1.82, 2.24) is 0 Å². The van der Waals surface area contributed by atoms with E-state index >= 15 is 0 Å². The van der Waals surface area contributed by atoms with Crippen molar-refractivity contribution in [3.8, 4) is 0 Å². The molecule has 0 aliphatic heterocycles. The highest BCUT2D eigenvalue weighted by Gasteiger charge is 2.17. The molecule has 0 aliphatic rings. The molecule has 1 aromatic carbocycles. The lowest BCUT2D eigenvalue weighted by Gasteiger charge is -2.07. The first-order chi connectivity index (χ1) is 6.97. The van der Waals surface area contributed by atoms with E-state index in [1.807, 2.05) is 0 Å². The van der Waals surface area contributed by atoms with Crippen LogP contribution in [0.15, 0.2) is 12.1 Å². The molecule has 0 aliphatic carbocycles. The molecule has 0 saturated carbocycles. The highest BCUT2D eigenvalue weighted by atomic mass is 127. The van der Waals surface area contributed by atoms with Crippen molar-refractivity contribution in [2.24, 2.45) is 0 Å². The minimum atomic E-state index is -2.71. The molecule has 1 aromatic rings. The number of hydrogen-bond donors (Lipinski definition) is 0. The Labute approximate surface area is 98.8 Å². The van der Waals surface area contributed by atoms with Crippen molar-refractivity contribution in [2.75, 3.05) is 0 Å². The van der Waals surface area contributed by atoms with Crippen LogP contribution in [-0.4, -0.2) is 12.1 Å². The van der Waals surface area contributed by atoms with Crippen LogP contribution in [0.1, 0.15) is 39.6 Å². The average Bonchev–Trinajstić information content (AvgIpc) is 2.16. The molecule has 80 valence electrons. The Morgan fingerprint density at radius 2 is 2.07 bits per heavy atom. The molecular formula is C10H7F2IO2. The highest BCUT2D eigenvalue weighted by molar-refractivity contribution is 14.1. The Kier molecular flexibility index (Phi) is 3.90. The molecule has 2 nitrogen and oxygen atoms in total. The van der Waals surface area contributed by atoms with E-state index in [2.05, 4.69) is 0 Å². The molecule has 0 atom stereocenters. The van der Waals surface area contributed by atoms with Gasteiger partial charge >= 0.3 is 0 Å². The first kappa shape index (κ1) is 12.2. The van der Waals surface area contributed by atoms with Gasteiger partial charge in [-0.05, 0) is 41.6 Å². The number of Topliss-reactive ketones (excluding diaryl/α,β-unsaturated/α-hetero) is 1. The SMILES string of the molecule is CC(=O)c1cc(C=O)c(C(F)F)cc1I. The van der Waals surface area contributed by atoms with Crippen LogP contribution in [0.4, 0.5) is 8.78 Å². The molecule has 15 heavy (non-hydrogen) atoms. The molecule has 0 radical (unpaired) electrons. The molecular weight excluding hydrogens is 317 g/mol. The smallest absolute Gasteiger partial charge is 0.264 e. The van der Waals surface area contributed by atoms with Gasteiger partial charge in [-0.25, -0.2) is 8.78 Å². The van der Waals surface area contributed by atoms with Gasteiger partial charge in [0.25, 0.3) is 6.43 Å². The molecule has 0 saturated heterocycles. The van der Waals surface area contributed by atoms with Gasteiger partial charge in [-0.2, -0.15) is 0 Å². The predicted molar refractivity (Wildman–Crippen MR) is 59.5 cm³/mol. The van der Waals surface area contributed by atoms with Gasteiger partial charge in [0, 0.05) is 20.3 Å². The Morgan fingerprint density at radius 3 is 2.47 bits per heavy atom. The van der Waals surface area contributed by atoms with Crippen molar-refractivity contribution in [3.63, 3.8) is 0 Å². The summed E-state index contributed by atoms with van der Waals surface area (Å²) in [5, 5.41) is 0. The second kappa shape index (κ2) is 4.78. The van der Waals surface area contributed by atoms with Crippen LogP contribution >= 0.6 is 22.6 Å². The highest BCUT2D eigenvalue weighted by Crippen LogP contribution is 2.26. The maximum Gasteiger partial charge on any atom is 0.264 e. The van der Waals surface area contributed by atoms with Crippen molar-refractivity contribution < 1.29 is 18.4 Å². The van der Waals surface area contributed by atoms with E-state index in [-0.39, 0.29) is 16.9 Å². The molecule has 0 spiro atoms. The van der Waals surface area contributed by atoms with Gasteiger partial charge in [-0.15, -0.1) is 0 Å². The van der Waals surface area contributed by atoms with Crippen molar-refractivity contribution in [1.29, 1.82) is 0 Å². The lowest BCUT2D eigenvalue weighted by Crippen LogP contribution is -2.02. The maximum atomic E-state index is 12.5. The molecule has 0 N–H and O–H groups in total. The predicted octanol–water partition coefficient (Wildman–Crippen LogP) is 3.24. The summed E-state index contributed by atoms with van der Waals surface area (Å²) in [6, 6.07) is 2.38. The van der Waals surface area contributed by atoms with Crippen LogP contribution in [0, 0.1) is 3.57 Å². The zero-order valence-corrected chi connectivity index (χ0v) is 9.92. The van der Waals surface area contributed by atoms with Crippen molar-refractivity contribution >= 4 is 34.7 Å². The number of aldehydes is 1. The maximum absolute atomic E-state index is 12.5. The second-order valence-corrected chi connectivity index (χ2v) is 4.10. The Balaban J connectivity index is 3.42. The summed E-state index contributed by atoms with van der Waals surface area (Å²) in [5.41, 5.74) is -0.169. The van der Waals surface area contributed by atoms with Crippen molar-refractivity contribution in [3.05, 3.63) is 32.4 Å². The molecule has 0 bridgehead atoms. The van der Waals surface area contributed by atoms with Gasteiger partial charge in [-0.1, -0.05) is 0 Å². The Morgan fingerprint density at radius 1 is 1.47 bits per heavy atom. The lowest BCUT2D eigenvalue weighted by molar-refractivity contribution is 0.101. The van der Waals surface area contributed by atoms with E-state index in [0.717, 1.165) is 0 Å². The van der Waals surface area contributed by atoms with E-state index < -0.39 is 6.43 Å². The zero-order chi connectivity index (χ0) is 11.6. The van der Waals surface area contributed by atoms with E-state index in [1.165, 1.54) is 19.1 Å². The van der Waals surface area contributed by atoms with Crippen LogP contribution in [0.5, 0.6) is 0 Å². The third-order valence-electron chi connectivity index (χ3n) is 1.91. The number of carbonyl (C=O) groups is 2. The molecule has 0 heterocycles. The van der Waals surface area contributed by atoms with Crippen LogP contribution in [0.2, 0.25) is 0 Å². The second-order valence-electron chi connectivity index (χ2n) is 2.94. The number of alkyl halides is 2. The summed E-state index contributed by atoms with van der Waals surface area (Å²) in [5.74, 6) is -0.247. The number of benzene rings is 1. The van der Waals surface area contributed by atoms with Gasteiger partial charge in [0.1, 0.15) is 0 Å². The summed E-state index contributed by atoms with van der Waals surface area (Å²) in [7, 11) is 0. The van der Waals surface area contributed by atoms with E-state index in [4.69, 9.17) is 0 Å². The zero-order valence-electron chi connectivity index (χ0n) is 7.76. The Bertz CT molecular complexity index is 416. The van der Waals surface area contributed by atoms with Crippen LogP contribution in [-0.2, 0) is 0 Å². The van der Waals surface area contributed by atoms with Crippen LogP contribution in [0.3, 0.4) is 0 Å². The van der Waals surface area contributed by atoms with Crippen molar-refractivity contribution in [2.45, 2.75) is 13.3 Å². The fraction of sp³-hybridized carbons (Fsp3) is 0.200. The third-order valence-corrected chi connectivity index (χ3v) is 2.81. The summed E-state index contributed by atoms with van der Waals surface area (Å²) in [6.45, 7) is 1.33. The molecule has 5 heteroatoms. The standard InChI is InChI=1S/C10H7F2IO2/c1-5(15)7-2-6(4-14)8(10(11)12)3-9(7)13/h2-4,10H,1H3. The van der Waals surface area contributed by atoms with E-state index in [9.17, 15) is 18.4 Å². The number of halogens is 3. The summed E-state index contributed by atoms with van der Waals surface area (Å²) in [6.07, 6.45) is -2.37. The van der Waals surface area contributed by atoms with Crippen LogP contribution in [0.25, 0.3) is 0 Å². The first-order valence-electron chi connectivity index (χ1n) is 4.05. The summed E-state index contributed by atoms with van der Waals surface area (Å²) < 4.78 is 25.4. The summed E-state index contributed by atoms with van der Waals surface area (Å²) in [4.78, 5) is 21.7. The number of hydrogen-bond acceptors (Lipinski definition) is 2. The monoisotopic (exact) mass is 324 g/mol. The topological polar surface area (TPSA) is 34.1 Å². The first-order valence-corrected chi connectivity index (χ1v) is 5.13. The largest absolute Gasteiger partial charge is 0.298 e. The minimum absolute atomic E-state index is 0.129. The summed E-state index contributed by atoms with van der Waals surface area (Å²) >= 11 is 1.80. The van der Waals surface area contributed by atoms with Gasteiger partial charge in [0.15, 0.2) is 12.1 Å². The molecule has 0 aromatic heterocycles. The van der Waals surface area contributed by atoms with E-state index in [1.54, 1.807) is 22.6 Å². The number of rotatable bonds is 3. The Hall–Kier alpha value is -0.850. The number of carbonyl (C=O) groups excluding carboxylic acids is 2. The molecule has 0 fully saturated rings. The minimum Gasteiger partial charge on any atom is -0.298 e. The fourth-order valence-electron chi connectivity index (χ4n) is 1.17. The fourth-order valence-corrected chi connectivity index (χ4v) is 2.04. The van der Waals surface area contributed by atoms with Gasteiger partial charge in [0.2, 0.25) is 0 Å². The van der Waals surface area contributed by atoms with Gasteiger partial charge in [-0.3, -0.25) is 9.59 Å². The van der Waals surface area contributed by atoms with Crippen LogP contribution < -0.4 is 0 Å². The van der Waals surface area contributed by atoms with Gasteiger partial charge in [0.05, 0.1) is 0 Å². The quantitative estimate of drug-likeness (QED) is 0.486. The molecule has 1 rings (SSSR count). The molecule has 0 unspecified atom stereocenters. The molecule has 0 amide bonds. The van der Waals surface area contributed by atoms with E-state index in [0.29, 0.717) is 15.4 Å². The van der Waals surface area contributed by atoms with Gasteiger partial charge < -0.3 is 0 Å². The normalized spacial score (nSPS) is 10.5. The lowest BCUT2D eigenvalue weighted by atomic mass is 10.0. The third kappa shape index (κ3) is 2.58. The average molecular weight is 324 g/mol. The number of ketones is 1.